The summed E-state index contributed by atoms with van der Waals surface area (Å²) in [4.78, 5) is 4.39. The van der Waals surface area contributed by atoms with Crippen LogP contribution in [0, 0.1) is 0 Å². The molecule has 1 aromatic carbocycles. The van der Waals surface area contributed by atoms with Crippen molar-refractivity contribution in [3.8, 4) is 11.5 Å². The van der Waals surface area contributed by atoms with Gasteiger partial charge in [-0.1, -0.05) is 6.08 Å². The van der Waals surface area contributed by atoms with Crippen LogP contribution in [0.4, 0.5) is 0 Å². The molecule has 0 aliphatic carbocycles. The number of guanidine groups is 1. The maximum absolute atomic E-state index is 5.93. The Kier molecular flexibility index (Phi) is 9.66. The topological polar surface area (TPSA) is 78.1 Å². The van der Waals surface area contributed by atoms with Crippen LogP contribution in [0.3, 0.4) is 0 Å². The first-order chi connectivity index (χ1) is 11.7. The molecule has 2 rings (SSSR count). The molecule has 140 valence electrons. The lowest BCUT2D eigenvalue weighted by molar-refractivity contribution is 0.114. The van der Waals surface area contributed by atoms with Crippen molar-refractivity contribution in [2.45, 2.75) is 31.9 Å². The van der Waals surface area contributed by atoms with E-state index in [4.69, 9.17) is 19.9 Å². The van der Waals surface area contributed by atoms with Gasteiger partial charge in [0.1, 0.15) is 0 Å². The van der Waals surface area contributed by atoms with Gasteiger partial charge in [-0.25, -0.2) is 4.99 Å². The molecule has 7 heteroatoms. The van der Waals surface area contributed by atoms with Crippen molar-refractivity contribution >= 4 is 29.9 Å². The second kappa shape index (κ2) is 11.2. The van der Waals surface area contributed by atoms with Gasteiger partial charge in [-0.05, 0) is 37.0 Å². The second-order valence-corrected chi connectivity index (χ2v) is 5.70. The number of nitrogens with one attached hydrogen (secondary N) is 1. The number of rotatable bonds is 8. The first kappa shape index (κ1) is 21.6. The smallest absolute Gasteiger partial charge is 0.189 e. The molecule has 0 amide bonds. The summed E-state index contributed by atoms with van der Waals surface area (Å²) in [5.41, 5.74) is 7.96. The van der Waals surface area contributed by atoms with Crippen molar-refractivity contribution in [3.63, 3.8) is 0 Å². The summed E-state index contributed by atoms with van der Waals surface area (Å²) in [6.45, 7) is 5.79. The van der Waals surface area contributed by atoms with Gasteiger partial charge in [-0.2, -0.15) is 0 Å². The zero-order chi connectivity index (χ0) is 17.4. The number of hydrogen-bond donors (Lipinski definition) is 2. The number of hydrogen-bond acceptors (Lipinski definition) is 4. The molecular weight excluding hydrogens is 433 g/mol. The maximum atomic E-state index is 5.93. The number of halogens is 1. The van der Waals surface area contributed by atoms with E-state index in [1.165, 1.54) is 0 Å². The molecule has 1 heterocycles. The number of nitrogens with zero attached hydrogens (tertiary/aromatic N) is 1. The van der Waals surface area contributed by atoms with Gasteiger partial charge < -0.3 is 25.3 Å². The highest BCUT2D eigenvalue weighted by atomic mass is 127. The average Bonchev–Trinajstić information content (AvgIpc) is 3.11. The van der Waals surface area contributed by atoms with Gasteiger partial charge >= 0.3 is 0 Å². The van der Waals surface area contributed by atoms with E-state index in [0.717, 1.165) is 36.3 Å². The fourth-order valence-electron chi connectivity index (χ4n) is 2.76. The van der Waals surface area contributed by atoms with Gasteiger partial charge in [0, 0.05) is 18.7 Å². The molecule has 1 unspecified atom stereocenters. The highest BCUT2D eigenvalue weighted by molar-refractivity contribution is 14.0. The Balaban J connectivity index is 0.00000312. The van der Waals surface area contributed by atoms with E-state index >= 15 is 0 Å². The minimum absolute atomic E-state index is 0. The highest BCUT2D eigenvalue weighted by Gasteiger charge is 2.15. The quantitative estimate of drug-likeness (QED) is 0.270. The molecule has 1 aliphatic rings. The summed E-state index contributed by atoms with van der Waals surface area (Å²) >= 11 is 0. The summed E-state index contributed by atoms with van der Waals surface area (Å²) < 4.78 is 16.4. The molecule has 25 heavy (non-hydrogen) atoms. The zero-order valence-corrected chi connectivity index (χ0v) is 17.2. The van der Waals surface area contributed by atoms with Crippen molar-refractivity contribution < 1.29 is 14.2 Å². The van der Waals surface area contributed by atoms with Crippen molar-refractivity contribution in [2.75, 3.05) is 27.4 Å². The predicted molar refractivity (Wildman–Crippen MR) is 111 cm³/mol. The summed E-state index contributed by atoms with van der Waals surface area (Å²) in [7, 11) is 3.26. The van der Waals surface area contributed by atoms with Crippen LogP contribution < -0.4 is 20.5 Å². The van der Waals surface area contributed by atoms with Crippen molar-refractivity contribution in [2.24, 2.45) is 10.7 Å². The van der Waals surface area contributed by atoms with Crippen molar-refractivity contribution in [1.82, 2.24) is 5.32 Å². The van der Waals surface area contributed by atoms with E-state index in [-0.39, 0.29) is 30.1 Å². The lowest BCUT2D eigenvalue weighted by Gasteiger charge is -2.14. The Morgan fingerprint density at radius 1 is 1.44 bits per heavy atom. The number of nitrogens with two attached hydrogens (primary N) is 1. The molecule has 1 aliphatic heterocycles. The first-order valence-electron chi connectivity index (χ1n) is 8.18. The van der Waals surface area contributed by atoms with E-state index in [2.05, 4.69) is 16.9 Å². The third-order valence-corrected chi connectivity index (χ3v) is 3.95. The molecule has 0 radical (unpaired) electrons. The number of benzene rings is 1. The summed E-state index contributed by atoms with van der Waals surface area (Å²) in [6, 6.07) is 3.96. The van der Waals surface area contributed by atoms with E-state index in [1.54, 1.807) is 14.2 Å². The SMILES string of the molecule is C=CCc1cc(CN=C(N)NCC2CCCO2)cc(OC)c1OC.I. The molecule has 1 saturated heterocycles. The Labute approximate surface area is 166 Å². The number of allylic oxidation sites excluding steroid dienone is 1. The summed E-state index contributed by atoms with van der Waals surface area (Å²) in [6.07, 6.45) is 4.95. The number of aliphatic imine (C=N–C) groups is 1. The van der Waals surface area contributed by atoms with E-state index in [1.807, 2.05) is 18.2 Å². The largest absolute Gasteiger partial charge is 0.493 e. The molecule has 6 nitrogen and oxygen atoms in total. The molecule has 1 atom stereocenters. The van der Waals surface area contributed by atoms with Crippen molar-refractivity contribution in [3.05, 3.63) is 35.9 Å². The van der Waals surface area contributed by atoms with Crippen LogP contribution in [0.15, 0.2) is 29.8 Å². The predicted octanol–water partition coefficient (Wildman–Crippen LogP) is 2.63. The number of methoxy groups -OCH3 is 2. The Morgan fingerprint density at radius 3 is 2.84 bits per heavy atom. The molecule has 1 fully saturated rings. The minimum Gasteiger partial charge on any atom is -0.493 e. The van der Waals surface area contributed by atoms with Crippen LogP contribution in [0.2, 0.25) is 0 Å². The van der Waals surface area contributed by atoms with E-state index in [0.29, 0.717) is 31.2 Å². The standard InChI is InChI=1S/C18H27N3O3.HI/c1-4-6-14-9-13(10-16(22-2)17(14)23-3)11-20-18(19)21-12-15-7-5-8-24-15;/h4,9-10,15H,1,5-8,11-12H2,2-3H3,(H3,19,20,21);1H. The minimum atomic E-state index is 0. The average molecular weight is 461 g/mol. The Bertz CT molecular complexity index is 587. The third kappa shape index (κ3) is 6.39. The maximum Gasteiger partial charge on any atom is 0.189 e. The van der Waals surface area contributed by atoms with Crippen molar-refractivity contribution in [1.29, 1.82) is 0 Å². The van der Waals surface area contributed by atoms with Gasteiger partial charge in [0.2, 0.25) is 0 Å². The van der Waals surface area contributed by atoms with Gasteiger partial charge in [0.15, 0.2) is 17.5 Å². The van der Waals surface area contributed by atoms with Gasteiger partial charge in [-0.15, -0.1) is 30.6 Å². The lowest BCUT2D eigenvalue weighted by Crippen LogP contribution is -2.37. The van der Waals surface area contributed by atoms with Gasteiger partial charge in [0.25, 0.3) is 0 Å². The van der Waals surface area contributed by atoms with Crippen LogP contribution in [0.25, 0.3) is 0 Å². The fraction of sp³-hybridized carbons (Fsp3) is 0.500. The molecule has 1 aromatic rings. The van der Waals surface area contributed by atoms with Gasteiger partial charge in [0.05, 0.1) is 26.9 Å². The van der Waals surface area contributed by atoms with Crippen LogP contribution in [0.1, 0.15) is 24.0 Å². The molecule has 0 saturated carbocycles. The monoisotopic (exact) mass is 461 g/mol. The number of ether oxygens (including phenoxy) is 3. The molecular formula is C18H28IN3O3. The summed E-state index contributed by atoms with van der Waals surface area (Å²) in [5.74, 6) is 1.84. The molecule has 0 spiro atoms. The van der Waals surface area contributed by atoms with Gasteiger partial charge in [-0.3, -0.25) is 0 Å². The van der Waals surface area contributed by atoms with Crippen LogP contribution in [-0.4, -0.2) is 39.4 Å². The normalized spacial score (nSPS) is 16.9. The fourth-order valence-corrected chi connectivity index (χ4v) is 2.76. The first-order valence-corrected chi connectivity index (χ1v) is 8.18. The Hall–Kier alpha value is -1.48. The molecule has 3 N–H and O–H groups in total. The molecule has 0 aromatic heterocycles. The lowest BCUT2D eigenvalue weighted by atomic mass is 10.1. The third-order valence-electron chi connectivity index (χ3n) is 3.95. The van der Waals surface area contributed by atoms with Crippen LogP contribution in [0.5, 0.6) is 11.5 Å². The van der Waals surface area contributed by atoms with Crippen LogP contribution in [-0.2, 0) is 17.7 Å². The van der Waals surface area contributed by atoms with E-state index in [9.17, 15) is 0 Å². The van der Waals surface area contributed by atoms with E-state index < -0.39 is 0 Å². The summed E-state index contributed by atoms with van der Waals surface area (Å²) in [5, 5.41) is 3.12. The second-order valence-electron chi connectivity index (χ2n) is 5.70. The Morgan fingerprint density at radius 2 is 2.24 bits per heavy atom. The zero-order valence-electron chi connectivity index (χ0n) is 14.9. The van der Waals surface area contributed by atoms with Crippen LogP contribution >= 0.6 is 24.0 Å². The molecule has 0 bridgehead atoms. The highest BCUT2D eigenvalue weighted by Crippen LogP contribution is 2.33.